The average molecular weight is 476 g/mol. The first-order valence-electron chi connectivity index (χ1n) is 10.1. The van der Waals surface area contributed by atoms with Crippen molar-refractivity contribution in [2.45, 2.75) is 6.92 Å². The van der Waals surface area contributed by atoms with Crippen LogP contribution in [0.3, 0.4) is 0 Å². The molecule has 2 aliphatic rings. The van der Waals surface area contributed by atoms with Crippen molar-refractivity contribution < 1.29 is 9.53 Å². The standard InChI is InChI=1S/C24H18ClN5O2S/c1-15-7-2-5-11-20(15)32-14-21-28-30-22(26)17(23(31)27-24(30)33-21)13-16-8-6-12-29(16)19-10-4-3-9-18(19)25/h2-13,26H,14H2,1H3/b17-13-,26-22?. The maximum Gasteiger partial charge on any atom is 0.283 e. The molecular formula is C24H18ClN5O2S. The van der Waals surface area contributed by atoms with Gasteiger partial charge >= 0.3 is 0 Å². The van der Waals surface area contributed by atoms with Gasteiger partial charge in [-0.25, -0.2) is 0 Å². The molecule has 9 heteroatoms. The molecule has 0 atom stereocenters. The number of thioether (sulfide) groups is 1. The molecule has 5 rings (SSSR count). The number of carbonyl (C=O) groups is 1. The summed E-state index contributed by atoms with van der Waals surface area (Å²) in [6.07, 6.45) is 3.49. The topological polar surface area (TPSA) is 83.0 Å². The Morgan fingerprint density at radius 2 is 1.91 bits per heavy atom. The molecule has 2 aromatic carbocycles. The van der Waals surface area contributed by atoms with Crippen molar-refractivity contribution in [3.8, 4) is 11.4 Å². The minimum absolute atomic E-state index is 0.0321. The molecule has 0 fully saturated rings. The number of aryl methyl sites for hydroxylation is 1. The molecule has 0 aliphatic carbocycles. The highest BCUT2D eigenvalue weighted by atomic mass is 35.5. The van der Waals surface area contributed by atoms with Gasteiger partial charge in [0.1, 0.15) is 17.4 Å². The zero-order valence-corrected chi connectivity index (χ0v) is 19.1. The van der Waals surface area contributed by atoms with Crippen LogP contribution in [0.15, 0.2) is 82.5 Å². The van der Waals surface area contributed by atoms with E-state index < -0.39 is 5.91 Å². The van der Waals surface area contributed by atoms with Crippen molar-refractivity contribution in [3.05, 3.63) is 88.7 Å². The zero-order valence-electron chi connectivity index (χ0n) is 17.5. The number of amides is 1. The average Bonchev–Trinajstić information content (AvgIpc) is 3.43. The lowest BCUT2D eigenvalue weighted by molar-refractivity contribution is -0.114. The molecule has 1 amide bonds. The normalized spacial score (nSPS) is 16.7. The van der Waals surface area contributed by atoms with Gasteiger partial charge in [-0.3, -0.25) is 10.2 Å². The Kier molecular flexibility index (Phi) is 5.62. The summed E-state index contributed by atoms with van der Waals surface area (Å²) < 4.78 is 7.72. The number of hydrogen-bond donors (Lipinski definition) is 1. The summed E-state index contributed by atoms with van der Waals surface area (Å²) in [5.41, 5.74) is 2.65. The highest BCUT2D eigenvalue weighted by Gasteiger charge is 2.36. The van der Waals surface area contributed by atoms with E-state index >= 15 is 0 Å². The first kappa shape index (κ1) is 21.2. The lowest BCUT2D eigenvalue weighted by Crippen LogP contribution is -2.35. The van der Waals surface area contributed by atoms with E-state index in [2.05, 4.69) is 10.1 Å². The van der Waals surface area contributed by atoms with Crippen molar-refractivity contribution in [1.29, 1.82) is 5.41 Å². The predicted octanol–water partition coefficient (Wildman–Crippen LogP) is 5.14. The lowest BCUT2D eigenvalue weighted by atomic mass is 10.1. The number of nitrogens with one attached hydrogen (secondary N) is 1. The van der Waals surface area contributed by atoms with Crippen molar-refractivity contribution in [3.63, 3.8) is 0 Å². The zero-order chi connectivity index (χ0) is 22.9. The Bertz CT molecular complexity index is 1370. The second-order valence-electron chi connectivity index (χ2n) is 7.32. The number of aliphatic imine (C=N–C) groups is 1. The quantitative estimate of drug-likeness (QED) is 0.518. The second-order valence-corrected chi connectivity index (χ2v) is 8.77. The van der Waals surface area contributed by atoms with Crippen molar-refractivity contribution in [2.24, 2.45) is 10.1 Å². The van der Waals surface area contributed by atoms with Crippen molar-refractivity contribution in [1.82, 2.24) is 9.58 Å². The summed E-state index contributed by atoms with van der Waals surface area (Å²) in [7, 11) is 0. The van der Waals surface area contributed by atoms with Crippen LogP contribution in [0, 0.1) is 12.3 Å². The van der Waals surface area contributed by atoms with Crippen LogP contribution >= 0.6 is 23.4 Å². The van der Waals surface area contributed by atoms with Crippen molar-refractivity contribution in [2.75, 3.05) is 6.61 Å². The van der Waals surface area contributed by atoms with Gasteiger partial charge in [0.15, 0.2) is 5.84 Å². The van der Waals surface area contributed by atoms with Gasteiger partial charge in [0.25, 0.3) is 5.91 Å². The molecule has 0 bridgehead atoms. The fraction of sp³-hybridized carbons (Fsp3) is 0.0833. The molecule has 7 nitrogen and oxygen atoms in total. The summed E-state index contributed by atoms with van der Waals surface area (Å²) >= 11 is 7.58. The highest BCUT2D eigenvalue weighted by Crippen LogP contribution is 2.30. The Labute approximate surface area is 199 Å². The van der Waals surface area contributed by atoms with Crippen LogP contribution < -0.4 is 4.74 Å². The van der Waals surface area contributed by atoms with Gasteiger partial charge in [0.2, 0.25) is 5.17 Å². The minimum atomic E-state index is -0.484. The summed E-state index contributed by atoms with van der Waals surface area (Å²) in [5, 5.41) is 16.0. The van der Waals surface area contributed by atoms with Crippen LogP contribution in [0.5, 0.6) is 5.75 Å². The van der Waals surface area contributed by atoms with Crippen LogP contribution in [0.25, 0.3) is 11.8 Å². The first-order valence-corrected chi connectivity index (χ1v) is 11.3. The number of nitrogens with zero attached hydrogens (tertiary/aromatic N) is 4. The maximum absolute atomic E-state index is 12.8. The van der Waals surface area contributed by atoms with E-state index in [0.717, 1.165) is 17.0 Å². The van der Waals surface area contributed by atoms with E-state index in [4.69, 9.17) is 21.7 Å². The fourth-order valence-corrected chi connectivity index (χ4v) is 4.50. The lowest BCUT2D eigenvalue weighted by Gasteiger charge is -2.20. The number of rotatable bonds is 5. The number of benzene rings is 2. The van der Waals surface area contributed by atoms with Crippen LogP contribution in [-0.4, -0.2) is 38.1 Å². The van der Waals surface area contributed by atoms with Crippen LogP contribution in [0.1, 0.15) is 11.3 Å². The smallest absolute Gasteiger partial charge is 0.283 e. The summed E-state index contributed by atoms with van der Waals surface area (Å²) in [5.74, 6) is 0.247. The molecule has 33 heavy (non-hydrogen) atoms. The van der Waals surface area contributed by atoms with Gasteiger partial charge in [-0.1, -0.05) is 41.9 Å². The summed E-state index contributed by atoms with van der Waals surface area (Å²) in [6, 6.07) is 18.8. The molecule has 3 heterocycles. The number of fused-ring (bicyclic) bond motifs is 1. The van der Waals surface area contributed by atoms with Gasteiger partial charge in [0, 0.05) is 11.9 Å². The van der Waals surface area contributed by atoms with Crippen LogP contribution in [0.2, 0.25) is 5.02 Å². The first-order chi connectivity index (χ1) is 16.0. The molecule has 0 radical (unpaired) electrons. The van der Waals surface area contributed by atoms with E-state index in [1.807, 2.05) is 72.3 Å². The van der Waals surface area contributed by atoms with E-state index in [0.29, 0.717) is 20.9 Å². The summed E-state index contributed by atoms with van der Waals surface area (Å²) in [6.45, 7) is 2.19. The molecule has 0 unspecified atom stereocenters. The molecule has 1 N–H and O–H groups in total. The monoisotopic (exact) mass is 475 g/mol. The van der Waals surface area contributed by atoms with Gasteiger partial charge in [-0.2, -0.15) is 15.1 Å². The third-order valence-electron chi connectivity index (χ3n) is 5.13. The van der Waals surface area contributed by atoms with Gasteiger partial charge in [0.05, 0.1) is 16.3 Å². The Morgan fingerprint density at radius 1 is 1.12 bits per heavy atom. The Morgan fingerprint density at radius 3 is 2.73 bits per heavy atom. The Balaban J connectivity index is 1.40. The number of amidine groups is 2. The van der Waals surface area contributed by atoms with Gasteiger partial charge in [-0.15, -0.1) is 0 Å². The number of carbonyl (C=O) groups excluding carboxylic acids is 1. The molecule has 0 saturated heterocycles. The third-order valence-corrected chi connectivity index (χ3v) is 6.33. The molecule has 0 saturated carbocycles. The van der Waals surface area contributed by atoms with E-state index in [9.17, 15) is 4.79 Å². The number of hydrogen-bond acceptors (Lipinski definition) is 5. The highest BCUT2D eigenvalue weighted by molar-refractivity contribution is 8.27. The predicted molar refractivity (Wildman–Crippen MR) is 132 cm³/mol. The van der Waals surface area contributed by atoms with Crippen LogP contribution in [-0.2, 0) is 4.79 Å². The molecule has 2 aliphatic heterocycles. The molecular weight excluding hydrogens is 458 g/mol. The minimum Gasteiger partial charge on any atom is -0.486 e. The number of para-hydroxylation sites is 2. The summed E-state index contributed by atoms with van der Waals surface area (Å²) in [4.78, 5) is 16.9. The molecule has 0 spiro atoms. The van der Waals surface area contributed by atoms with Gasteiger partial charge < -0.3 is 9.30 Å². The van der Waals surface area contributed by atoms with Gasteiger partial charge in [-0.05, 0) is 60.7 Å². The van der Waals surface area contributed by atoms with Crippen LogP contribution in [0.4, 0.5) is 0 Å². The third kappa shape index (κ3) is 4.10. The number of aromatic nitrogens is 1. The van der Waals surface area contributed by atoms with E-state index in [1.54, 1.807) is 12.1 Å². The number of halogens is 1. The van der Waals surface area contributed by atoms with Crippen molar-refractivity contribution >= 4 is 51.4 Å². The molecule has 3 aromatic rings. The molecule has 1 aromatic heterocycles. The number of ether oxygens (including phenoxy) is 1. The second kappa shape index (κ2) is 8.73. The Hall–Kier alpha value is -3.62. The van der Waals surface area contributed by atoms with E-state index in [-0.39, 0.29) is 18.0 Å². The number of hydrazone groups is 1. The van der Waals surface area contributed by atoms with E-state index in [1.165, 1.54) is 16.8 Å². The maximum atomic E-state index is 12.8. The fourth-order valence-electron chi connectivity index (χ4n) is 3.47. The SMILES string of the molecule is Cc1ccccc1OCC1=NN2C(=N)/C(=C/c3cccn3-c3ccccc3Cl)C(=O)N=C2S1. The largest absolute Gasteiger partial charge is 0.486 e. The molecule has 164 valence electrons.